The minimum Gasteiger partial charge on any atom is -0.457 e. The van der Waals surface area contributed by atoms with E-state index in [0.29, 0.717) is 10.5 Å². The molecule has 2 N–H and O–H groups in total. The molecule has 0 spiro atoms. The second-order valence-corrected chi connectivity index (χ2v) is 3.81. The summed E-state index contributed by atoms with van der Waals surface area (Å²) in [5.41, 5.74) is 8.56. The molecule has 0 saturated heterocycles. The minimum absolute atomic E-state index is 0.674. The maximum atomic E-state index is 5.81. The van der Waals surface area contributed by atoms with Crippen LogP contribution in [0.5, 0.6) is 0 Å². The molecule has 0 atom stereocenters. The van der Waals surface area contributed by atoms with E-state index >= 15 is 0 Å². The lowest BCUT2D eigenvalue weighted by molar-refractivity contribution is 0.542. The summed E-state index contributed by atoms with van der Waals surface area (Å²) >= 11 is 3.31. The molecule has 2 rings (SSSR count). The summed E-state index contributed by atoms with van der Waals surface area (Å²) in [5.74, 6) is 0.674. The first-order valence-electron chi connectivity index (χ1n) is 4.13. The Balaban J connectivity index is 2.63. The standard InChI is InChI=1S/C9H10BrN3O/c1-5-7(12-13(2)9(5)11)6-3-4-14-8(6)10/h3-4H,11H2,1-2H3. The molecular formula is C9H10BrN3O. The fourth-order valence-corrected chi connectivity index (χ4v) is 1.79. The number of aryl methyl sites for hydroxylation is 1. The summed E-state index contributed by atoms with van der Waals surface area (Å²) in [6, 6.07) is 1.86. The molecule has 0 aliphatic rings. The second-order valence-electron chi connectivity index (χ2n) is 3.09. The van der Waals surface area contributed by atoms with Gasteiger partial charge in [-0.05, 0) is 28.9 Å². The Morgan fingerprint density at radius 1 is 1.57 bits per heavy atom. The normalized spacial score (nSPS) is 10.8. The molecule has 2 heterocycles. The lowest BCUT2D eigenvalue weighted by Gasteiger charge is -1.93. The highest BCUT2D eigenvalue weighted by Gasteiger charge is 2.15. The first-order chi connectivity index (χ1) is 6.61. The van der Waals surface area contributed by atoms with Gasteiger partial charge in [0.15, 0.2) is 4.67 Å². The largest absolute Gasteiger partial charge is 0.457 e. The van der Waals surface area contributed by atoms with Crippen LogP contribution in [0, 0.1) is 6.92 Å². The van der Waals surface area contributed by atoms with E-state index < -0.39 is 0 Å². The number of nitrogens with zero attached hydrogens (tertiary/aromatic N) is 2. The molecule has 0 aromatic carbocycles. The van der Waals surface area contributed by atoms with Crippen molar-refractivity contribution >= 4 is 21.7 Å². The van der Waals surface area contributed by atoms with Gasteiger partial charge in [0.05, 0.1) is 11.8 Å². The molecule has 74 valence electrons. The van der Waals surface area contributed by atoms with E-state index in [0.717, 1.165) is 16.8 Å². The topological polar surface area (TPSA) is 57.0 Å². The summed E-state index contributed by atoms with van der Waals surface area (Å²) in [4.78, 5) is 0. The number of halogens is 1. The number of furan rings is 1. The molecule has 0 aliphatic heterocycles. The summed E-state index contributed by atoms with van der Waals surface area (Å²) in [7, 11) is 1.82. The number of nitrogens with two attached hydrogens (primary N) is 1. The van der Waals surface area contributed by atoms with Crippen LogP contribution < -0.4 is 5.73 Å². The number of anilines is 1. The van der Waals surface area contributed by atoms with Crippen molar-refractivity contribution in [2.24, 2.45) is 7.05 Å². The van der Waals surface area contributed by atoms with Gasteiger partial charge in [0.1, 0.15) is 11.5 Å². The Morgan fingerprint density at radius 3 is 2.71 bits per heavy atom. The van der Waals surface area contributed by atoms with Crippen molar-refractivity contribution < 1.29 is 4.42 Å². The van der Waals surface area contributed by atoms with E-state index in [4.69, 9.17) is 10.2 Å². The third kappa shape index (κ3) is 1.24. The molecular weight excluding hydrogens is 246 g/mol. The summed E-state index contributed by atoms with van der Waals surface area (Å²) < 4.78 is 7.49. The molecule has 0 bridgehead atoms. The van der Waals surface area contributed by atoms with Gasteiger partial charge in [-0.3, -0.25) is 4.68 Å². The molecule has 5 heteroatoms. The third-order valence-electron chi connectivity index (χ3n) is 2.21. The van der Waals surface area contributed by atoms with Crippen LogP contribution in [0.25, 0.3) is 11.3 Å². The molecule has 2 aromatic heterocycles. The molecule has 0 saturated carbocycles. The Bertz CT molecular complexity index is 472. The molecule has 0 unspecified atom stereocenters. The number of rotatable bonds is 1. The van der Waals surface area contributed by atoms with Crippen LogP contribution in [0.3, 0.4) is 0 Å². The number of aromatic nitrogens is 2. The maximum Gasteiger partial charge on any atom is 0.178 e. The van der Waals surface area contributed by atoms with Crippen LogP contribution in [-0.2, 0) is 7.05 Å². The van der Waals surface area contributed by atoms with E-state index in [1.807, 2.05) is 20.0 Å². The molecule has 0 radical (unpaired) electrons. The highest BCUT2D eigenvalue weighted by atomic mass is 79.9. The van der Waals surface area contributed by atoms with Crippen molar-refractivity contribution in [3.8, 4) is 11.3 Å². The van der Waals surface area contributed by atoms with E-state index in [9.17, 15) is 0 Å². The van der Waals surface area contributed by atoms with Gasteiger partial charge in [-0.15, -0.1) is 0 Å². The molecule has 4 nitrogen and oxygen atoms in total. The van der Waals surface area contributed by atoms with Crippen LogP contribution >= 0.6 is 15.9 Å². The van der Waals surface area contributed by atoms with E-state index in [2.05, 4.69) is 21.0 Å². The van der Waals surface area contributed by atoms with Crippen molar-refractivity contribution in [3.63, 3.8) is 0 Å². The number of hydrogen-bond donors (Lipinski definition) is 1. The van der Waals surface area contributed by atoms with Crippen molar-refractivity contribution in [2.45, 2.75) is 6.92 Å². The summed E-state index contributed by atoms with van der Waals surface area (Å²) in [6.45, 7) is 1.94. The Labute approximate surface area is 89.8 Å². The van der Waals surface area contributed by atoms with Gasteiger partial charge in [-0.2, -0.15) is 5.10 Å². The first kappa shape index (κ1) is 9.33. The van der Waals surface area contributed by atoms with Crippen molar-refractivity contribution in [1.82, 2.24) is 9.78 Å². The second kappa shape index (κ2) is 3.16. The molecule has 14 heavy (non-hydrogen) atoms. The third-order valence-corrected chi connectivity index (χ3v) is 2.83. The van der Waals surface area contributed by atoms with E-state index in [1.165, 1.54) is 0 Å². The SMILES string of the molecule is Cc1c(-c2ccoc2Br)nn(C)c1N. The van der Waals surface area contributed by atoms with Crippen LogP contribution in [0.2, 0.25) is 0 Å². The molecule has 0 aliphatic carbocycles. The average Bonchev–Trinajstić information content (AvgIpc) is 2.66. The lowest BCUT2D eigenvalue weighted by atomic mass is 10.1. The minimum atomic E-state index is 0.674. The van der Waals surface area contributed by atoms with E-state index in [-0.39, 0.29) is 0 Å². The Morgan fingerprint density at radius 2 is 2.29 bits per heavy atom. The van der Waals surface area contributed by atoms with Crippen molar-refractivity contribution in [1.29, 1.82) is 0 Å². The predicted octanol–water partition coefficient (Wildman–Crippen LogP) is 2.33. The molecule has 2 aromatic rings. The van der Waals surface area contributed by atoms with Gasteiger partial charge in [0.2, 0.25) is 0 Å². The zero-order chi connectivity index (χ0) is 10.3. The number of hydrogen-bond acceptors (Lipinski definition) is 3. The number of nitrogen functional groups attached to an aromatic ring is 1. The van der Waals surface area contributed by atoms with Gasteiger partial charge in [0, 0.05) is 12.6 Å². The van der Waals surface area contributed by atoms with Crippen molar-refractivity contribution in [2.75, 3.05) is 5.73 Å². The fraction of sp³-hybridized carbons (Fsp3) is 0.222. The van der Waals surface area contributed by atoms with Crippen LogP contribution in [0.15, 0.2) is 21.4 Å². The smallest absolute Gasteiger partial charge is 0.178 e. The van der Waals surface area contributed by atoms with Crippen LogP contribution in [0.1, 0.15) is 5.56 Å². The molecule has 0 amide bonds. The highest BCUT2D eigenvalue weighted by molar-refractivity contribution is 9.10. The van der Waals surface area contributed by atoms with Gasteiger partial charge >= 0.3 is 0 Å². The fourth-order valence-electron chi connectivity index (χ4n) is 1.36. The first-order valence-corrected chi connectivity index (χ1v) is 4.93. The van der Waals surface area contributed by atoms with Gasteiger partial charge < -0.3 is 10.2 Å². The monoisotopic (exact) mass is 255 g/mol. The Kier molecular flexibility index (Phi) is 2.11. The molecule has 0 fully saturated rings. The maximum absolute atomic E-state index is 5.81. The van der Waals surface area contributed by atoms with E-state index in [1.54, 1.807) is 10.9 Å². The van der Waals surface area contributed by atoms with Gasteiger partial charge in [-0.1, -0.05) is 0 Å². The highest BCUT2D eigenvalue weighted by Crippen LogP contribution is 2.32. The van der Waals surface area contributed by atoms with Gasteiger partial charge in [-0.25, -0.2) is 0 Å². The van der Waals surface area contributed by atoms with Crippen LogP contribution in [-0.4, -0.2) is 9.78 Å². The Hall–Kier alpha value is -1.23. The lowest BCUT2D eigenvalue weighted by Crippen LogP contribution is -1.97. The quantitative estimate of drug-likeness (QED) is 0.851. The average molecular weight is 256 g/mol. The zero-order valence-corrected chi connectivity index (χ0v) is 9.50. The summed E-state index contributed by atoms with van der Waals surface area (Å²) in [5, 5.41) is 4.31. The van der Waals surface area contributed by atoms with Crippen molar-refractivity contribution in [3.05, 3.63) is 22.6 Å². The van der Waals surface area contributed by atoms with Crippen LogP contribution in [0.4, 0.5) is 5.82 Å². The predicted molar refractivity (Wildman–Crippen MR) is 57.8 cm³/mol. The van der Waals surface area contributed by atoms with Gasteiger partial charge in [0.25, 0.3) is 0 Å². The summed E-state index contributed by atoms with van der Waals surface area (Å²) in [6.07, 6.45) is 1.61. The zero-order valence-electron chi connectivity index (χ0n) is 7.91.